The van der Waals surface area contributed by atoms with E-state index in [4.69, 9.17) is 10.5 Å². The number of carbonyl (C=O) groups excluding carboxylic acids is 2. The van der Waals surface area contributed by atoms with Gasteiger partial charge in [0.1, 0.15) is 11.4 Å². The molecule has 0 aliphatic heterocycles. The summed E-state index contributed by atoms with van der Waals surface area (Å²) in [7, 11) is 1.55. The summed E-state index contributed by atoms with van der Waals surface area (Å²) in [5.74, 6) is -0.0655. The van der Waals surface area contributed by atoms with Gasteiger partial charge in [0.15, 0.2) is 0 Å². The van der Waals surface area contributed by atoms with Gasteiger partial charge in [-0.3, -0.25) is 14.6 Å². The molecule has 2 aromatic carbocycles. The van der Waals surface area contributed by atoms with Crippen molar-refractivity contribution in [1.29, 1.82) is 0 Å². The molecular weight excluding hydrogens is 378 g/mol. The van der Waals surface area contributed by atoms with Gasteiger partial charge in [0.25, 0.3) is 5.91 Å². The molecule has 0 radical (unpaired) electrons. The van der Waals surface area contributed by atoms with E-state index in [-0.39, 0.29) is 28.3 Å². The van der Waals surface area contributed by atoms with Gasteiger partial charge >= 0.3 is 0 Å². The predicted molar refractivity (Wildman–Crippen MR) is 118 cm³/mol. The molecule has 0 spiro atoms. The van der Waals surface area contributed by atoms with Crippen LogP contribution in [0.1, 0.15) is 52.7 Å². The van der Waals surface area contributed by atoms with E-state index in [1.807, 2.05) is 12.1 Å². The van der Waals surface area contributed by atoms with Crippen LogP contribution >= 0.6 is 0 Å². The number of rotatable bonds is 5. The van der Waals surface area contributed by atoms with Crippen molar-refractivity contribution in [2.24, 2.45) is 0 Å². The fraction of sp³-hybridized carbons (Fsp3) is 0.208. The zero-order valence-electron chi connectivity index (χ0n) is 17.5. The van der Waals surface area contributed by atoms with Crippen LogP contribution in [0.2, 0.25) is 0 Å². The Labute approximate surface area is 176 Å². The molecule has 3 aromatic rings. The molecular formula is C24H25N3O3. The number of benzene rings is 2. The minimum absolute atomic E-state index is 0.0193. The monoisotopic (exact) mass is 403 g/mol. The van der Waals surface area contributed by atoms with Crippen LogP contribution in [0, 0.1) is 0 Å². The predicted octanol–water partition coefficient (Wildman–Crippen LogP) is 4.45. The quantitative estimate of drug-likeness (QED) is 0.614. The molecule has 3 rings (SSSR count). The number of hydrogen-bond donors (Lipinski definition) is 2. The third-order valence-electron chi connectivity index (χ3n) is 4.80. The van der Waals surface area contributed by atoms with E-state index in [2.05, 4.69) is 31.1 Å². The van der Waals surface area contributed by atoms with Crippen molar-refractivity contribution in [1.82, 2.24) is 4.98 Å². The molecule has 30 heavy (non-hydrogen) atoms. The van der Waals surface area contributed by atoms with E-state index >= 15 is 0 Å². The van der Waals surface area contributed by atoms with Crippen LogP contribution in [-0.4, -0.2) is 23.8 Å². The molecule has 0 bridgehead atoms. The number of carbonyl (C=O) groups is 2. The summed E-state index contributed by atoms with van der Waals surface area (Å²) in [4.78, 5) is 30.0. The minimum Gasteiger partial charge on any atom is -0.497 e. The number of hydrogen-bond acceptors (Lipinski definition) is 5. The highest BCUT2D eigenvalue weighted by molar-refractivity contribution is 6.15. The van der Waals surface area contributed by atoms with Gasteiger partial charge in [-0.05, 0) is 41.3 Å². The Bertz CT molecular complexity index is 1070. The minimum atomic E-state index is -0.394. The second-order valence-corrected chi connectivity index (χ2v) is 7.96. The van der Waals surface area contributed by atoms with Gasteiger partial charge in [0.2, 0.25) is 5.78 Å². The molecule has 0 fully saturated rings. The fourth-order valence-corrected chi connectivity index (χ4v) is 2.97. The van der Waals surface area contributed by atoms with E-state index in [9.17, 15) is 9.59 Å². The maximum absolute atomic E-state index is 13.1. The highest BCUT2D eigenvalue weighted by Gasteiger charge is 2.21. The van der Waals surface area contributed by atoms with E-state index in [1.54, 1.807) is 49.6 Å². The number of ether oxygens (including phenoxy) is 1. The normalized spacial score (nSPS) is 11.1. The van der Waals surface area contributed by atoms with E-state index in [0.717, 1.165) is 5.56 Å². The zero-order valence-corrected chi connectivity index (χ0v) is 17.5. The van der Waals surface area contributed by atoms with Crippen LogP contribution in [-0.2, 0) is 5.41 Å². The molecule has 0 aliphatic rings. The summed E-state index contributed by atoms with van der Waals surface area (Å²) in [5, 5.41) is 2.73. The molecule has 1 heterocycles. The average Bonchev–Trinajstić information content (AvgIpc) is 2.74. The molecule has 0 unspecified atom stereocenters. The summed E-state index contributed by atoms with van der Waals surface area (Å²) < 4.78 is 5.11. The van der Waals surface area contributed by atoms with Gasteiger partial charge < -0.3 is 15.8 Å². The van der Waals surface area contributed by atoms with Crippen LogP contribution < -0.4 is 15.8 Å². The average molecular weight is 403 g/mol. The molecule has 0 aliphatic carbocycles. The number of nitrogens with two attached hydrogens (primary N) is 1. The SMILES string of the molecule is COc1ccc(C(=O)Nc2c(N)ccnc2C(=O)c2ccc(C(C)(C)C)cc2)cc1. The molecule has 6 nitrogen and oxygen atoms in total. The molecule has 0 atom stereocenters. The highest BCUT2D eigenvalue weighted by Crippen LogP contribution is 2.27. The number of nitrogen functional groups attached to an aromatic ring is 1. The topological polar surface area (TPSA) is 94.3 Å². The third kappa shape index (κ3) is 4.49. The summed E-state index contributed by atoms with van der Waals surface area (Å²) in [6.07, 6.45) is 1.45. The first-order chi connectivity index (χ1) is 14.2. The number of aromatic nitrogens is 1. The van der Waals surface area contributed by atoms with Gasteiger partial charge in [-0.1, -0.05) is 45.0 Å². The number of pyridine rings is 1. The van der Waals surface area contributed by atoms with Crippen LogP contribution in [0.4, 0.5) is 11.4 Å². The Morgan fingerprint density at radius 1 is 0.933 bits per heavy atom. The number of ketones is 1. The van der Waals surface area contributed by atoms with Crippen LogP contribution in [0.5, 0.6) is 5.75 Å². The first-order valence-electron chi connectivity index (χ1n) is 9.56. The van der Waals surface area contributed by atoms with Crippen molar-refractivity contribution in [2.45, 2.75) is 26.2 Å². The molecule has 3 N–H and O–H groups in total. The van der Waals surface area contributed by atoms with Gasteiger partial charge in [-0.15, -0.1) is 0 Å². The number of methoxy groups -OCH3 is 1. The standard InChI is InChI=1S/C24H25N3O3/c1-24(2,3)17-9-5-15(6-10-17)22(28)21-20(19(25)13-14-26-21)27-23(29)16-7-11-18(30-4)12-8-16/h5-14H,1-4H3,(H2,25,26)(H,27,29). The van der Waals surface area contributed by atoms with Gasteiger partial charge in [-0.2, -0.15) is 0 Å². The van der Waals surface area contributed by atoms with Crippen molar-refractivity contribution in [2.75, 3.05) is 18.2 Å². The molecule has 0 saturated carbocycles. The number of nitrogens with one attached hydrogen (secondary N) is 1. The molecule has 1 amide bonds. The van der Waals surface area contributed by atoms with Crippen molar-refractivity contribution in [3.8, 4) is 5.75 Å². The van der Waals surface area contributed by atoms with E-state index < -0.39 is 5.91 Å². The third-order valence-corrected chi connectivity index (χ3v) is 4.80. The summed E-state index contributed by atoms with van der Waals surface area (Å²) >= 11 is 0. The number of amides is 1. The van der Waals surface area contributed by atoms with Gasteiger partial charge in [-0.25, -0.2) is 0 Å². The van der Waals surface area contributed by atoms with Crippen molar-refractivity contribution in [3.63, 3.8) is 0 Å². The lowest BCUT2D eigenvalue weighted by atomic mass is 9.86. The van der Waals surface area contributed by atoms with E-state index in [1.165, 1.54) is 6.20 Å². The molecule has 6 heteroatoms. The lowest BCUT2D eigenvalue weighted by Crippen LogP contribution is -2.18. The van der Waals surface area contributed by atoms with Crippen molar-refractivity contribution in [3.05, 3.63) is 83.2 Å². The second kappa shape index (κ2) is 8.37. The Balaban J connectivity index is 1.90. The Hall–Kier alpha value is -3.67. The lowest BCUT2D eigenvalue weighted by molar-refractivity contribution is 0.102. The van der Waals surface area contributed by atoms with Crippen LogP contribution in [0.3, 0.4) is 0 Å². The Kier molecular flexibility index (Phi) is 5.87. The first kappa shape index (κ1) is 21.0. The summed E-state index contributed by atoms with van der Waals surface area (Å²) in [6.45, 7) is 6.32. The largest absolute Gasteiger partial charge is 0.497 e. The van der Waals surface area contributed by atoms with Crippen LogP contribution in [0.25, 0.3) is 0 Å². The van der Waals surface area contributed by atoms with E-state index in [0.29, 0.717) is 16.9 Å². The molecule has 154 valence electrons. The maximum Gasteiger partial charge on any atom is 0.255 e. The van der Waals surface area contributed by atoms with Gasteiger partial charge in [0, 0.05) is 17.3 Å². The summed E-state index contributed by atoms with van der Waals surface area (Å²) in [5.41, 5.74) is 8.61. The fourth-order valence-electron chi connectivity index (χ4n) is 2.97. The maximum atomic E-state index is 13.1. The van der Waals surface area contributed by atoms with Crippen molar-refractivity contribution < 1.29 is 14.3 Å². The smallest absolute Gasteiger partial charge is 0.255 e. The Morgan fingerprint density at radius 3 is 2.10 bits per heavy atom. The summed E-state index contributed by atoms with van der Waals surface area (Å²) in [6, 6.07) is 15.6. The lowest BCUT2D eigenvalue weighted by Gasteiger charge is -2.19. The Morgan fingerprint density at radius 2 is 1.53 bits per heavy atom. The second-order valence-electron chi connectivity index (χ2n) is 7.96. The number of anilines is 2. The molecule has 1 aromatic heterocycles. The zero-order chi connectivity index (χ0) is 21.9. The van der Waals surface area contributed by atoms with Crippen molar-refractivity contribution >= 4 is 23.1 Å². The van der Waals surface area contributed by atoms with Gasteiger partial charge in [0.05, 0.1) is 18.5 Å². The highest BCUT2D eigenvalue weighted by atomic mass is 16.5. The molecule has 0 saturated heterocycles. The van der Waals surface area contributed by atoms with Crippen LogP contribution in [0.15, 0.2) is 60.8 Å². The number of nitrogens with zero attached hydrogens (tertiary/aromatic N) is 1. The first-order valence-corrected chi connectivity index (χ1v) is 9.56.